The predicted molar refractivity (Wildman–Crippen MR) is 59.3 cm³/mol. The highest BCUT2D eigenvalue weighted by Crippen LogP contribution is 2.19. The van der Waals surface area contributed by atoms with Gasteiger partial charge in [0, 0.05) is 12.1 Å². The number of rotatable bonds is 4. The fraction of sp³-hybridized carbons (Fsp3) is 0.700. The molecule has 0 aliphatic heterocycles. The highest BCUT2D eigenvalue weighted by Gasteiger charge is 2.22. The summed E-state index contributed by atoms with van der Waals surface area (Å²) >= 11 is 0. The zero-order valence-electron chi connectivity index (χ0n) is 9.27. The van der Waals surface area contributed by atoms with Crippen LogP contribution in [0.15, 0.2) is 10.6 Å². The molecule has 1 aromatic rings. The molecule has 0 saturated heterocycles. The summed E-state index contributed by atoms with van der Waals surface area (Å²) in [6.45, 7) is 1.74. The van der Waals surface area contributed by atoms with E-state index in [1.54, 1.807) is 13.0 Å². The first-order chi connectivity index (χ1) is 7.55. The van der Waals surface area contributed by atoms with E-state index in [0.29, 0.717) is 11.5 Å². The van der Waals surface area contributed by atoms with Gasteiger partial charge in [-0.15, -0.1) is 0 Å². The number of aryl methyl sites for hydroxylation is 1. The van der Waals surface area contributed by atoms with Crippen LogP contribution in [0.25, 0.3) is 0 Å². The maximum atomic E-state index is 11.8. The average Bonchev–Trinajstić information content (AvgIpc) is 2.76. The van der Waals surface area contributed by atoms with Crippen molar-refractivity contribution >= 4 is 10.0 Å². The van der Waals surface area contributed by atoms with E-state index in [2.05, 4.69) is 9.88 Å². The summed E-state index contributed by atoms with van der Waals surface area (Å²) in [5.74, 6) is 0.534. The number of aromatic nitrogens is 1. The zero-order valence-corrected chi connectivity index (χ0v) is 10.1. The van der Waals surface area contributed by atoms with Gasteiger partial charge in [-0.1, -0.05) is 18.0 Å². The van der Waals surface area contributed by atoms with Crippen molar-refractivity contribution in [2.45, 2.75) is 44.4 Å². The third-order valence-corrected chi connectivity index (χ3v) is 4.08. The summed E-state index contributed by atoms with van der Waals surface area (Å²) in [4.78, 5) is 0. The van der Waals surface area contributed by atoms with Crippen molar-refractivity contribution in [1.29, 1.82) is 0 Å². The molecular weight excluding hydrogens is 228 g/mol. The average molecular weight is 244 g/mol. The molecular formula is C10H16N2O3S. The summed E-state index contributed by atoms with van der Waals surface area (Å²) in [5.41, 5.74) is 0.461. The van der Waals surface area contributed by atoms with Crippen molar-refractivity contribution in [3.8, 4) is 0 Å². The predicted octanol–water partition coefficient (Wildman–Crippen LogP) is 1.35. The molecule has 2 rings (SSSR count). The summed E-state index contributed by atoms with van der Waals surface area (Å²) in [5, 5.41) is 3.68. The van der Waals surface area contributed by atoms with E-state index in [-0.39, 0.29) is 11.8 Å². The molecule has 0 aromatic carbocycles. The molecule has 0 atom stereocenters. The Labute approximate surface area is 95.3 Å². The fourth-order valence-corrected chi connectivity index (χ4v) is 3.37. The Balaban J connectivity index is 1.96. The lowest BCUT2D eigenvalue weighted by molar-refractivity contribution is 0.392. The Hall–Kier alpha value is -0.880. The van der Waals surface area contributed by atoms with Gasteiger partial charge in [0.05, 0.1) is 0 Å². The van der Waals surface area contributed by atoms with E-state index >= 15 is 0 Å². The third-order valence-electron chi connectivity index (χ3n) is 2.72. The Kier molecular flexibility index (Phi) is 3.30. The minimum absolute atomic E-state index is 0.0964. The van der Waals surface area contributed by atoms with Crippen LogP contribution in [0, 0.1) is 6.92 Å². The number of sulfonamides is 1. The Bertz CT molecular complexity index is 446. The van der Waals surface area contributed by atoms with E-state index in [4.69, 9.17) is 4.52 Å². The molecule has 0 radical (unpaired) electrons. The lowest BCUT2D eigenvalue weighted by Gasteiger charge is -2.10. The van der Waals surface area contributed by atoms with Crippen LogP contribution in [0.2, 0.25) is 0 Å². The van der Waals surface area contributed by atoms with Crippen LogP contribution in [0.3, 0.4) is 0 Å². The number of nitrogens with one attached hydrogen (secondary N) is 1. The Morgan fingerprint density at radius 2 is 2.19 bits per heavy atom. The standard InChI is InChI=1S/C10H16N2O3S/c1-8-6-10(11-15-8)7-16(13,14)12-9-4-2-3-5-9/h6,9,12H,2-5,7H2,1H3. The summed E-state index contributed by atoms with van der Waals surface area (Å²) in [6.07, 6.45) is 4.10. The molecule has 6 heteroatoms. The van der Waals surface area contributed by atoms with Crippen LogP contribution >= 0.6 is 0 Å². The molecule has 1 fully saturated rings. The van der Waals surface area contributed by atoms with E-state index in [1.165, 1.54) is 0 Å². The van der Waals surface area contributed by atoms with Gasteiger partial charge in [0.2, 0.25) is 10.0 Å². The molecule has 0 unspecified atom stereocenters. The topological polar surface area (TPSA) is 72.2 Å². The molecule has 90 valence electrons. The van der Waals surface area contributed by atoms with Gasteiger partial charge in [0.15, 0.2) is 0 Å². The van der Waals surface area contributed by atoms with Crippen LogP contribution in [-0.2, 0) is 15.8 Å². The number of nitrogens with zero attached hydrogens (tertiary/aromatic N) is 1. The maximum Gasteiger partial charge on any atom is 0.217 e. The largest absolute Gasteiger partial charge is 0.361 e. The van der Waals surface area contributed by atoms with Crippen LogP contribution in [0.1, 0.15) is 37.1 Å². The molecule has 1 heterocycles. The molecule has 1 aliphatic rings. The van der Waals surface area contributed by atoms with Crippen molar-refractivity contribution in [1.82, 2.24) is 9.88 Å². The van der Waals surface area contributed by atoms with Crippen molar-refractivity contribution < 1.29 is 12.9 Å². The third kappa shape index (κ3) is 3.05. The number of hydrogen-bond donors (Lipinski definition) is 1. The van der Waals surface area contributed by atoms with Gasteiger partial charge >= 0.3 is 0 Å². The molecule has 0 spiro atoms. The number of hydrogen-bond acceptors (Lipinski definition) is 4. The van der Waals surface area contributed by atoms with Crippen LogP contribution < -0.4 is 4.72 Å². The highest BCUT2D eigenvalue weighted by molar-refractivity contribution is 7.88. The summed E-state index contributed by atoms with van der Waals surface area (Å²) < 4.78 is 31.1. The molecule has 16 heavy (non-hydrogen) atoms. The normalized spacial score (nSPS) is 18.1. The van der Waals surface area contributed by atoms with Crippen LogP contribution in [0.5, 0.6) is 0 Å². The Morgan fingerprint density at radius 3 is 2.75 bits per heavy atom. The van der Waals surface area contributed by atoms with Gasteiger partial charge in [-0.25, -0.2) is 13.1 Å². The molecule has 1 N–H and O–H groups in total. The zero-order chi connectivity index (χ0) is 11.6. The van der Waals surface area contributed by atoms with Gasteiger partial charge in [-0.05, 0) is 19.8 Å². The monoisotopic (exact) mass is 244 g/mol. The van der Waals surface area contributed by atoms with E-state index in [0.717, 1.165) is 25.7 Å². The van der Waals surface area contributed by atoms with Gasteiger partial charge in [0.1, 0.15) is 17.2 Å². The first-order valence-electron chi connectivity index (χ1n) is 5.47. The SMILES string of the molecule is Cc1cc(CS(=O)(=O)NC2CCCC2)no1. The van der Waals surface area contributed by atoms with Crippen molar-refractivity contribution in [2.75, 3.05) is 0 Å². The lowest BCUT2D eigenvalue weighted by atomic mass is 10.3. The molecule has 0 amide bonds. The lowest BCUT2D eigenvalue weighted by Crippen LogP contribution is -2.33. The smallest absolute Gasteiger partial charge is 0.217 e. The minimum Gasteiger partial charge on any atom is -0.361 e. The maximum absolute atomic E-state index is 11.8. The van der Waals surface area contributed by atoms with Gasteiger partial charge in [0.25, 0.3) is 0 Å². The van der Waals surface area contributed by atoms with Crippen molar-refractivity contribution in [3.05, 3.63) is 17.5 Å². The fourth-order valence-electron chi connectivity index (χ4n) is 2.02. The van der Waals surface area contributed by atoms with Crippen LogP contribution in [-0.4, -0.2) is 19.6 Å². The van der Waals surface area contributed by atoms with Gasteiger partial charge in [-0.3, -0.25) is 0 Å². The Morgan fingerprint density at radius 1 is 1.50 bits per heavy atom. The highest BCUT2D eigenvalue weighted by atomic mass is 32.2. The molecule has 1 saturated carbocycles. The van der Waals surface area contributed by atoms with Crippen molar-refractivity contribution in [2.24, 2.45) is 0 Å². The summed E-state index contributed by atoms with van der Waals surface area (Å²) in [7, 11) is -3.28. The van der Waals surface area contributed by atoms with E-state index < -0.39 is 10.0 Å². The summed E-state index contributed by atoms with van der Waals surface area (Å²) in [6, 6.07) is 1.76. The molecule has 1 aromatic heterocycles. The first kappa shape index (κ1) is 11.6. The second kappa shape index (κ2) is 4.55. The molecule has 0 bridgehead atoms. The van der Waals surface area contributed by atoms with E-state index in [9.17, 15) is 8.42 Å². The second-order valence-corrected chi connectivity index (χ2v) is 6.04. The molecule has 1 aliphatic carbocycles. The molecule has 5 nitrogen and oxygen atoms in total. The van der Waals surface area contributed by atoms with Gasteiger partial charge in [-0.2, -0.15) is 0 Å². The van der Waals surface area contributed by atoms with Gasteiger partial charge < -0.3 is 4.52 Å². The first-order valence-corrected chi connectivity index (χ1v) is 7.12. The van der Waals surface area contributed by atoms with E-state index in [1.807, 2.05) is 0 Å². The minimum atomic E-state index is -3.28. The quantitative estimate of drug-likeness (QED) is 0.867. The van der Waals surface area contributed by atoms with Crippen LogP contribution in [0.4, 0.5) is 0 Å². The second-order valence-electron chi connectivity index (χ2n) is 4.29. The van der Waals surface area contributed by atoms with Crippen molar-refractivity contribution in [3.63, 3.8) is 0 Å².